The van der Waals surface area contributed by atoms with Crippen LogP contribution >= 0.6 is 35.0 Å². The van der Waals surface area contributed by atoms with Crippen molar-refractivity contribution in [1.29, 1.82) is 0 Å². The van der Waals surface area contributed by atoms with Crippen molar-refractivity contribution < 1.29 is 28.7 Å². The molecule has 0 unspecified atom stereocenters. The molecular formula is C29H25Cl2N3O6S. The highest BCUT2D eigenvalue weighted by atomic mass is 35.5. The molecule has 0 saturated carbocycles. The number of rotatable bonds is 10. The molecule has 3 aromatic carbocycles. The number of nitrogens with one attached hydrogen (secondary N) is 2. The van der Waals surface area contributed by atoms with E-state index >= 15 is 0 Å². The van der Waals surface area contributed by atoms with E-state index in [1.54, 1.807) is 67.6 Å². The number of hydrogen-bond donors (Lipinski definition) is 2. The maximum Gasteiger partial charge on any atom is 0.294 e. The number of imide groups is 1. The van der Waals surface area contributed by atoms with Gasteiger partial charge < -0.3 is 20.1 Å². The van der Waals surface area contributed by atoms with E-state index in [0.717, 1.165) is 22.2 Å². The van der Waals surface area contributed by atoms with Gasteiger partial charge in [-0.2, -0.15) is 0 Å². The van der Waals surface area contributed by atoms with Crippen LogP contribution in [0.1, 0.15) is 18.1 Å². The number of carbonyl (C=O) groups excluding carboxylic acids is 4. The number of halogens is 2. The Balaban J connectivity index is 1.40. The van der Waals surface area contributed by atoms with Gasteiger partial charge in [0.2, 0.25) is 5.91 Å². The third-order valence-corrected chi connectivity index (χ3v) is 7.21. The van der Waals surface area contributed by atoms with Crippen molar-refractivity contribution >= 4 is 75.4 Å². The van der Waals surface area contributed by atoms with E-state index in [-0.39, 0.29) is 17.4 Å². The molecule has 0 spiro atoms. The number of ether oxygens (including phenoxy) is 2. The molecule has 1 fully saturated rings. The number of thioether (sulfide) groups is 1. The molecule has 4 amide bonds. The van der Waals surface area contributed by atoms with Crippen LogP contribution < -0.4 is 20.1 Å². The summed E-state index contributed by atoms with van der Waals surface area (Å²) in [5, 5.41) is 5.76. The molecule has 0 aliphatic carbocycles. The molecule has 12 heteroatoms. The number of nitrogens with zero attached hydrogens (tertiary/aromatic N) is 1. The molecular weight excluding hydrogens is 589 g/mol. The summed E-state index contributed by atoms with van der Waals surface area (Å²) < 4.78 is 11.3. The summed E-state index contributed by atoms with van der Waals surface area (Å²) in [4.78, 5) is 51.3. The summed E-state index contributed by atoms with van der Waals surface area (Å²) >= 11 is 12.8. The van der Waals surface area contributed by atoms with Gasteiger partial charge in [-0.15, -0.1) is 0 Å². The maximum absolute atomic E-state index is 12.9. The van der Waals surface area contributed by atoms with Crippen molar-refractivity contribution in [2.75, 3.05) is 30.4 Å². The summed E-state index contributed by atoms with van der Waals surface area (Å²) in [5.74, 6) is -0.832. The van der Waals surface area contributed by atoms with E-state index in [4.69, 9.17) is 32.7 Å². The Labute approximate surface area is 250 Å². The third kappa shape index (κ3) is 8.03. The van der Waals surface area contributed by atoms with Crippen molar-refractivity contribution in [2.24, 2.45) is 0 Å². The Morgan fingerprint density at radius 3 is 2.41 bits per heavy atom. The van der Waals surface area contributed by atoms with Gasteiger partial charge in [-0.05, 0) is 85.3 Å². The fraction of sp³-hybridized carbons (Fsp3) is 0.172. The van der Waals surface area contributed by atoms with Gasteiger partial charge in [0.1, 0.15) is 6.54 Å². The van der Waals surface area contributed by atoms with Crippen LogP contribution in [0.15, 0.2) is 65.6 Å². The zero-order valence-corrected chi connectivity index (χ0v) is 24.4. The molecule has 1 aliphatic heterocycles. The fourth-order valence-electron chi connectivity index (χ4n) is 3.71. The van der Waals surface area contributed by atoms with E-state index in [2.05, 4.69) is 10.6 Å². The molecule has 0 radical (unpaired) electrons. The molecule has 0 aromatic heterocycles. The van der Waals surface area contributed by atoms with Gasteiger partial charge in [-0.1, -0.05) is 41.4 Å². The normalized spacial score (nSPS) is 13.9. The number of anilines is 2. The zero-order valence-electron chi connectivity index (χ0n) is 22.0. The van der Waals surface area contributed by atoms with Gasteiger partial charge >= 0.3 is 0 Å². The first kappa shape index (κ1) is 30.0. The zero-order chi connectivity index (χ0) is 29.5. The smallest absolute Gasteiger partial charge is 0.294 e. The molecule has 41 heavy (non-hydrogen) atoms. The van der Waals surface area contributed by atoms with Crippen LogP contribution in [0.25, 0.3) is 6.08 Å². The quantitative estimate of drug-likeness (QED) is 0.254. The predicted molar refractivity (Wildman–Crippen MR) is 161 cm³/mol. The lowest BCUT2D eigenvalue weighted by atomic mass is 10.2. The number of hydrogen-bond acceptors (Lipinski definition) is 7. The van der Waals surface area contributed by atoms with Gasteiger partial charge in [0.15, 0.2) is 18.1 Å². The Morgan fingerprint density at radius 2 is 1.68 bits per heavy atom. The van der Waals surface area contributed by atoms with Crippen LogP contribution in [0, 0.1) is 6.92 Å². The molecule has 9 nitrogen and oxygen atoms in total. The standard InChI is InChI=1S/C29H25Cl2N3O6S/c1-3-39-24-11-18(8-10-23(24)40-16-27(36)33-20-6-4-5-19(30)13-20)12-25-28(37)34(29(38)41-25)15-26(35)32-21-9-7-17(2)22(31)14-21/h4-14H,3,15-16H2,1-2H3,(H,32,35)(H,33,36)/b25-12+. The molecule has 1 heterocycles. The minimum Gasteiger partial charge on any atom is -0.490 e. The second-order valence-corrected chi connectivity index (χ2v) is 10.6. The fourth-order valence-corrected chi connectivity index (χ4v) is 4.92. The van der Waals surface area contributed by atoms with Gasteiger partial charge in [0.05, 0.1) is 11.5 Å². The second-order valence-electron chi connectivity index (χ2n) is 8.77. The topological polar surface area (TPSA) is 114 Å². The molecule has 212 valence electrons. The van der Waals surface area contributed by atoms with Crippen molar-refractivity contribution in [3.05, 3.63) is 86.7 Å². The average molecular weight is 615 g/mol. The number of aryl methyl sites for hydroxylation is 1. The number of benzene rings is 3. The summed E-state index contributed by atoms with van der Waals surface area (Å²) in [5.41, 5.74) is 2.42. The van der Waals surface area contributed by atoms with Crippen LogP contribution in [-0.4, -0.2) is 47.6 Å². The minimum atomic E-state index is -0.590. The molecule has 1 saturated heterocycles. The first-order chi connectivity index (χ1) is 19.6. The first-order valence-electron chi connectivity index (χ1n) is 12.4. The summed E-state index contributed by atoms with van der Waals surface area (Å²) in [6, 6.07) is 16.7. The molecule has 1 aliphatic rings. The Morgan fingerprint density at radius 1 is 0.927 bits per heavy atom. The average Bonchev–Trinajstić information content (AvgIpc) is 3.17. The molecule has 4 rings (SSSR count). The molecule has 0 bridgehead atoms. The third-order valence-electron chi connectivity index (χ3n) is 5.66. The van der Waals surface area contributed by atoms with E-state index < -0.39 is 23.6 Å². The van der Waals surface area contributed by atoms with Crippen molar-refractivity contribution in [2.45, 2.75) is 13.8 Å². The molecule has 3 aromatic rings. The lowest BCUT2D eigenvalue weighted by Gasteiger charge is -2.13. The molecule has 0 atom stereocenters. The lowest BCUT2D eigenvalue weighted by molar-refractivity contribution is -0.127. The summed E-state index contributed by atoms with van der Waals surface area (Å²) in [6.07, 6.45) is 1.53. The van der Waals surface area contributed by atoms with Crippen molar-refractivity contribution in [1.82, 2.24) is 4.90 Å². The minimum absolute atomic E-state index is 0.151. The highest BCUT2D eigenvalue weighted by Crippen LogP contribution is 2.35. The van der Waals surface area contributed by atoms with Crippen LogP contribution in [0.2, 0.25) is 10.0 Å². The summed E-state index contributed by atoms with van der Waals surface area (Å²) in [7, 11) is 0. The van der Waals surface area contributed by atoms with Gasteiger partial charge in [0, 0.05) is 21.4 Å². The predicted octanol–water partition coefficient (Wildman–Crippen LogP) is 6.39. The van der Waals surface area contributed by atoms with Crippen LogP contribution in [0.5, 0.6) is 11.5 Å². The summed E-state index contributed by atoms with van der Waals surface area (Å²) in [6.45, 7) is 3.24. The van der Waals surface area contributed by atoms with Gasteiger partial charge in [-0.25, -0.2) is 0 Å². The Kier molecular flexibility index (Phi) is 9.93. The largest absolute Gasteiger partial charge is 0.490 e. The Hall–Kier alpha value is -3.99. The van der Waals surface area contributed by atoms with E-state index in [1.165, 1.54) is 6.08 Å². The van der Waals surface area contributed by atoms with Crippen molar-refractivity contribution in [3.8, 4) is 11.5 Å². The van der Waals surface area contributed by atoms with E-state index in [1.807, 2.05) is 6.92 Å². The molecule has 2 N–H and O–H groups in total. The SMILES string of the molecule is CCOc1cc(/C=C2/SC(=O)N(CC(=O)Nc3ccc(C)c(Cl)c3)C2=O)ccc1OCC(=O)Nc1cccc(Cl)c1. The Bertz CT molecular complexity index is 1540. The van der Waals surface area contributed by atoms with Crippen LogP contribution in [0.3, 0.4) is 0 Å². The lowest BCUT2D eigenvalue weighted by Crippen LogP contribution is -2.36. The number of amides is 4. The van der Waals surface area contributed by atoms with Crippen LogP contribution in [0.4, 0.5) is 16.2 Å². The second kappa shape index (κ2) is 13.6. The van der Waals surface area contributed by atoms with E-state index in [0.29, 0.717) is 45.1 Å². The highest BCUT2D eigenvalue weighted by molar-refractivity contribution is 8.18. The van der Waals surface area contributed by atoms with Gasteiger partial charge in [0.25, 0.3) is 17.1 Å². The maximum atomic E-state index is 12.9. The highest BCUT2D eigenvalue weighted by Gasteiger charge is 2.36. The number of carbonyl (C=O) groups is 4. The van der Waals surface area contributed by atoms with Gasteiger partial charge in [-0.3, -0.25) is 24.1 Å². The monoisotopic (exact) mass is 613 g/mol. The first-order valence-corrected chi connectivity index (χ1v) is 14.0. The van der Waals surface area contributed by atoms with Crippen molar-refractivity contribution in [3.63, 3.8) is 0 Å². The van der Waals surface area contributed by atoms with Crippen LogP contribution in [-0.2, 0) is 14.4 Å². The van der Waals surface area contributed by atoms with E-state index in [9.17, 15) is 19.2 Å².